The van der Waals surface area contributed by atoms with E-state index in [9.17, 15) is 8.78 Å². The molecule has 2 heterocycles. The fourth-order valence-corrected chi connectivity index (χ4v) is 5.52. The van der Waals surface area contributed by atoms with Gasteiger partial charge >= 0.3 is 0 Å². The summed E-state index contributed by atoms with van der Waals surface area (Å²) in [5.41, 5.74) is 6.94. The molecule has 0 aliphatic rings. The second-order valence-electron chi connectivity index (χ2n) is 10.7. The van der Waals surface area contributed by atoms with Crippen LogP contribution in [0.5, 0.6) is 0 Å². The van der Waals surface area contributed by atoms with Crippen LogP contribution in [0, 0.1) is 18.6 Å². The molecule has 0 saturated carbocycles. The maximum atomic E-state index is 14.5. The predicted octanol–water partition coefficient (Wildman–Crippen LogP) is 9.89. The molecule has 210 valence electrons. The lowest BCUT2D eigenvalue weighted by Crippen LogP contribution is -2.10. The van der Waals surface area contributed by atoms with Gasteiger partial charge in [0.05, 0.1) is 16.7 Å². The molecule has 0 bridgehead atoms. The van der Waals surface area contributed by atoms with Crippen molar-refractivity contribution in [2.75, 3.05) is 0 Å². The second kappa shape index (κ2) is 11.3. The number of hydrogen-bond donors (Lipinski definition) is 0. The van der Waals surface area contributed by atoms with E-state index in [0.717, 1.165) is 44.6 Å². The molecule has 0 amide bonds. The van der Waals surface area contributed by atoms with Crippen LogP contribution in [-0.2, 0) is 0 Å². The SMILES string of the molecule is CC.Cc1nc(-c2ccc3c(c2)c2cc(F)ccc2n3-c2ccc(F)cc2)n(-c2c(C(C)C)cccc2C(C)C)n1. The zero-order chi connectivity index (χ0) is 29.4. The van der Waals surface area contributed by atoms with Gasteiger partial charge in [0.1, 0.15) is 17.5 Å². The van der Waals surface area contributed by atoms with Gasteiger partial charge in [-0.15, -0.1) is 0 Å². The molecular formula is C35H36F2N4. The fourth-order valence-electron chi connectivity index (χ4n) is 5.52. The molecular weight excluding hydrogens is 514 g/mol. The summed E-state index contributed by atoms with van der Waals surface area (Å²) in [6.07, 6.45) is 0. The molecule has 0 aliphatic heterocycles. The monoisotopic (exact) mass is 550 g/mol. The molecule has 4 nitrogen and oxygen atoms in total. The number of benzene rings is 4. The van der Waals surface area contributed by atoms with Gasteiger partial charge in [0.25, 0.3) is 0 Å². The van der Waals surface area contributed by atoms with Crippen molar-refractivity contribution in [3.63, 3.8) is 0 Å². The normalized spacial score (nSPS) is 11.5. The summed E-state index contributed by atoms with van der Waals surface area (Å²) in [5, 5.41) is 6.54. The fraction of sp³-hybridized carbons (Fsp3) is 0.257. The van der Waals surface area contributed by atoms with Gasteiger partial charge in [-0.2, -0.15) is 5.10 Å². The Morgan fingerprint density at radius 2 is 1.24 bits per heavy atom. The highest BCUT2D eigenvalue weighted by Gasteiger charge is 2.22. The minimum absolute atomic E-state index is 0.301. The molecule has 0 saturated heterocycles. The number of fused-ring (bicyclic) bond motifs is 3. The van der Waals surface area contributed by atoms with Gasteiger partial charge < -0.3 is 4.57 Å². The van der Waals surface area contributed by atoms with Crippen LogP contribution in [0.15, 0.2) is 78.9 Å². The van der Waals surface area contributed by atoms with E-state index in [1.54, 1.807) is 24.3 Å². The number of aryl methyl sites for hydroxylation is 1. The van der Waals surface area contributed by atoms with Crippen molar-refractivity contribution in [2.24, 2.45) is 0 Å². The van der Waals surface area contributed by atoms with E-state index in [-0.39, 0.29) is 11.6 Å². The molecule has 0 atom stereocenters. The molecule has 6 aromatic rings. The average molecular weight is 551 g/mol. The average Bonchev–Trinajstić information content (AvgIpc) is 3.51. The van der Waals surface area contributed by atoms with Crippen LogP contribution in [0.3, 0.4) is 0 Å². The van der Waals surface area contributed by atoms with Crippen molar-refractivity contribution in [3.8, 4) is 22.8 Å². The molecule has 0 fully saturated rings. The quantitative estimate of drug-likeness (QED) is 0.214. The Labute approximate surface area is 240 Å². The Hall–Kier alpha value is -4.32. The molecule has 2 aromatic heterocycles. The van der Waals surface area contributed by atoms with E-state index in [0.29, 0.717) is 17.7 Å². The van der Waals surface area contributed by atoms with Gasteiger partial charge in [-0.3, -0.25) is 0 Å². The number of halogens is 2. The highest BCUT2D eigenvalue weighted by atomic mass is 19.1. The Balaban J connectivity index is 0.00000165. The summed E-state index contributed by atoms with van der Waals surface area (Å²) in [5.74, 6) is 1.41. The lowest BCUT2D eigenvalue weighted by atomic mass is 9.92. The molecule has 6 heteroatoms. The van der Waals surface area contributed by atoms with E-state index in [1.165, 1.54) is 29.3 Å². The summed E-state index contributed by atoms with van der Waals surface area (Å²) in [6.45, 7) is 14.7. The lowest BCUT2D eigenvalue weighted by molar-refractivity contribution is 0.627. The summed E-state index contributed by atoms with van der Waals surface area (Å²) < 4.78 is 32.2. The first-order chi connectivity index (χ1) is 19.7. The summed E-state index contributed by atoms with van der Waals surface area (Å²) >= 11 is 0. The molecule has 4 aromatic carbocycles. The van der Waals surface area contributed by atoms with Gasteiger partial charge in [0, 0.05) is 22.0 Å². The first-order valence-electron chi connectivity index (χ1n) is 14.3. The van der Waals surface area contributed by atoms with Gasteiger partial charge in [-0.25, -0.2) is 18.4 Å². The number of hydrogen-bond acceptors (Lipinski definition) is 2. The van der Waals surface area contributed by atoms with E-state index in [4.69, 9.17) is 10.1 Å². The third-order valence-corrected chi connectivity index (χ3v) is 7.34. The first kappa shape index (κ1) is 28.2. The summed E-state index contributed by atoms with van der Waals surface area (Å²) in [4.78, 5) is 4.87. The largest absolute Gasteiger partial charge is 0.309 e. The Morgan fingerprint density at radius 3 is 1.85 bits per heavy atom. The van der Waals surface area contributed by atoms with Crippen molar-refractivity contribution < 1.29 is 8.78 Å². The van der Waals surface area contributed by atoms with Crippen LogP contribution in [0.25, 0.3) is 44.6 Å². The molecule has 41 heavy (non-hydrogen) atoms. The third kappa shape index (κ3) is 5.03. The van der Waals surface area contributed by atoms with Crippen LogP contribution >= 0.6 is 0 Å². The van der Waals surface area contributed by atoms with Crippen LogP contribution < -0.4 is 0 Å². The lowest BCUT2D eigenvalue weighted by Gasteiger charge is -2.20. The molecule has 6 rings (SSSR count). The number of para-hydroxylation sites is 1. The number of aromatic nitrogens is 4. The van der Waals surface area contributed by atoms with Gasteiger partial charge in [-0.1, -0.05) is 59.7 Å². The van der Waals surface area contributed by atoms with Crippen LogP contribution in [0.2, 0.25) is 0 Å². The molecule has 0 unspecified atom stereocenters. The third-order valence-electron chi connectivity index (χ3n) is 7.34. The standard InChI is InChI=1S/C33H30F2N4.C2H6/c1-19(2)26-7-6-8-27(20(3)4)32(26)39-33(36-21(5)37-39)22-9-15-30-28(17-22)29-18-24(35)12-16-31(29)38(30)25-13-10-23(34)11-14-25;1-2/h6-20H,1-5H3;1-2H3. The molecule has 0 aliphatic carbocycles. The van der Waals surface area contributed by atoms with E-state index >= 15 is 0 Å². The van der Waals surface area contributed by atoms with Gasteiger partial charge in [0.15, 0.2) is 5.82 Å². The maximum Gasteiger partial charge on any atom is 0.163 e. The molecule has 0 radical (unpaired) electrons. The van der Waals surface area contributed by atoms with Crippen molar-refractivity contribution in [1.29, 1.82) is 0 Å². The Kier molecular flexibility index (Phi) is 7.76. The summed E-state index contributed by atoms with van der Waals surface area (Å²) in [6, 6.07) is 23.7. The van der Waals surface area contributed by atoms with E-state index in [2.05, 4.69) is 52.0 Å². The van der Waals surface area contributed by atoms with Crippen molar-refractivity contribution in [1.82, 2.24) is 19.3 Å². The zero-order valence-corrected chi connectivity index (χ0v) is 24.7. The Morgan fingerprint density at radius 1 is 0.683 bits per heavy atom. The number of nitrogens with zero attached hydrogens (tertiary/aromatic N) is 4. The van der Waals surface area contributed by atoms with E-state index < -0.39 is 0 Å². The van der Waals surface area contributed by atoms with Crippen molar-refractivity contribution >= 4 is 21.8 Å². The summed E-state index contributed by atoms with van der Waals surface area (Å²) in [7, 11) is 0. The van der Waals surface area contributed by atoms with Gasteiger partial charge in [-0.05, 0) is 90.6 Å². The predicted molar refractivity (Wildman–Crippen MR) is 165 cm³/mol. The minimum atomic E-state index is -0.308. The van der Waals surface area contributed by atoms with Crippen molar-refractivity contribution in [3.05, 3.63) is 107 Å². The smallest absolute Gasteiger partial charge is 0.163 e. The first-order valence-corrected chi connectivity index (χ1v) is 14.3. The Bertz CT molecular complexity index is 1820. The minimum Gasteiger partial charge on any atom is -0.309 e. The highest BCUT2D eigenvalue weighted by Crippen LogP contribution is 2.37. The highest BCUT2D eigenvalue weighted by molar-refractivity contribution is 6.10. The number of rotatable bonds is 5. The topological polar surface area (TPSA) is 35.6 Å². The maximum absolute atomic E-state index is 14.5. The van der Waals surface area contributed by atoms with Gasteiger partial charge in [0.2, 0.25) is 0 Å². The van der Waals surface area contributed by atoms with Crippen LogP contribution in [0.1, 0.15) is 70.3 Å². The van der Waals surface area contributed by atoms with Crippen LogP contribution in [0.4, 0.5) is 8.78 Å². The molecule has 0 spiro atoms. The van der Waals surface area contributed by atoms with Crippen molar-refractivity contribution in [2.45, 2.75) is 60.3 Å². The molecule has 0 N–H and O–H groups in total. The van der Waals surface area contributed by atoms with Crippen LogP contribution in [-0.4, -0.2) is 19.3 Å². The second-order valence-corrected chi connectivity index (χ2v) is 10.7. The van der Waals surface area contributed by atoms with E-state index in [1.807, 2.05) is 42.2 Å². The zero-order valence-electron chi connectivity index (χ0n) is 24.7.